The van der Waals surface area contributed by atoms with Crippen molar-refractivity contribution in [2.75, 3.05) is 17.7 Å². The Hall–Kier alpha value is -3.61. The molecule has 0 bridgehead atoms. The van der Waals surface area contributed by atoms with Crippen molar-refractivity contribution < 1.29 is 27.6 Å². The molecule has 3 aromatic rings. The highest BCUT2D eigenvalue weighted by atomic mass is 79.9. The molecule has 0 spiro atoms. The van der Waals surface area contributed by atoms with Crippen LogP contribution in [0.2, 0.25) is 0 Å². The van der Waals surface area contributed by atoms with Gasteiger partial charge in [-0.05, 0) is 17.7 Å². The molecule has 1 aliphatic rings. The van der Waals surface area contributed by atoms with E-state index in [0.29, 0.717) is 5.56 Å². The quantitative estimate of drug-likeness (QED) is 0.328. The number of anilines is 2. The van der Waals surface area contributed by atoms with Gasteiger partial charge in [-0.2, -0.15) is 18.3 Å². The van der Waals surface area contributed by atoms with Gasteiger partial charge >= 0.3 is 6.18 Å². The van der Waals surface area contributed by atoms with E-state index in [4.69, 9.17) is 4.74 Å². The normalized spacial score (nSPS) is 17.4. The van der Waals surface area contributed by atoms with Gasteiger partial charge in [-0.25, -0.2) is 4.68 Å². The monoisotopic (exact) mass is 539 g/mol. The number of aromatic nitrogens is 2. The van der Waals surface area contributed by atoms with Crippen LogP contribution in [-0.4, -0.2) is 33.9 Å². The summed E-state index contributed by atoms with van der Waals surface area (Å²) in [5, 5.41) is 20.4. The first-order valence-electron chi connectivity index (χ1n) is 9.88. The van der Waals surface area contributed by atoms with Gasteiger partial charge in [0.05, 0.1) is 36.0 Å². The van der Waals surface area contributed by atoms with Crippen molar-refractivity contribution in [3.63, 3.8) is 0 Å². The molecule has 2 atom stereocenters. The molecule has 1 amide bonds. The van der Waals surface area contributed by atoms with E-state index in [1.165, 1.54) is 19.2 Å². The van der Waals surface area contributed by atoms with Crippen LogP contribution < -0.4 is 15.4 Å². The van der Waals surface area contributed by atoms with E-state index in [1.807, 2.05) is 0 Å². The summed E-state index contributed by atoms with van der Waals surface area (Å²) in [7, 11) is 1.31. The Morgan fingerprint density at radius 3 is 2.62 bits per heavy atom. The minimum Gasteiger partial charge on any atom is -0.496 e. The number of carbonyl (C=O) groups is 1. The SMILES string of the molecule is COc1cc(NC(=O)c2cnn3c2N[C@@H](c2ccc(Br)cc2)C[C@@H]3C(F)(F)F)cc([N+](=O)[O-])c1. The molecular formula is C21H17BrF3N5O4. The second-order valence-corrected chi connectivity index (χ2v) is 8.44. The van der Waals surface area contributed by atoms with Crippen molar-refractivity contribution in [1.82, 2.24) is 9.78 Å². The fourth-order valence-corrected chi connectivity index (χ4v) is 3.98. The number of nitrogens with one attached hydrogen (secondary N) is 2. The lowest BCUT2D eigenvalue weighted by Crippen LogP contribution is -2.36. The second-order valence-electron chi connectivity index (χ2n) is 7.52. The highest BCUT2D eigenvalue weighted by Gasteiger charge is 2.47. The van der Waals surface area contributed by atoms with Crippen LogP contribution in [-0.2, 0) is 0 Å². The van der Waals surface area contributed by atoms with E-state index < -0.39 is 29.1 Å². The lowest BCUT2D eigenvalue weighted by molar-refractivity contribution is -0.384. The number of methoxy groups -OCH3 is 1. The van der Waals surface area contributed by atoms with E-state index in [-0.39, 0.29) is 34.9 Å². The Labute approximate surface area is 199 Å². The number of benzene rings is 2. The zero-order chi connectivity index (χ0) is 24.6. The number of nitro benzene ring substituents is 1. The number of non-ortho nitro benzene ring substituents is 1. The van der Waals surface area contributed by atoms with Gasteiger partial charge in [0, 0.05) is 23.0 Å². The largest absolute Gasteiger partial charge is 0.496 e. The molecule has 1 aromatic heterocycles. The topological polar surface area (TPSA) is 111 Å². The highest BCUT2D eigenvalue weighted by molar-refractivity contribution is 9.10. The summed E-state index contributed by atoms with van der Waals surface area (Å²) in [6.45, 7) is 0. The van der Waals surface area contributed by atoms with Gasteiger partial charge in [0.1, 0.15) is 17.1 Å². The van der Waals surface area contributed by atoms with Crippen LogP contribution in [0.1, 0.15) is 34.4 Å². The molecule has 2 N–H and O–H groups in total. The fourth-order valence-electron chi connectivity index (χ4n) is 3.72. The standard InChI is InChI=1S/C21H17BrF3N5O4/c1-34-15-7-13(6-14(8-15)30(32)33)27-20(31)16-10-26-29-18(21(23,24)25)9-17(28-19(16)29)11-2-4-12(22)5-3-11/h2-8,10,17-18,28H,9H2,1H3,(H,27,31)/t17-,18-/m1/s1. The molecule has 13 heteroatoms. The first-order chi connectivity index (χ1) is 16.1. The molecule has 4 rings (SSSR count). The molecule has 9 nitrogen and oxygen atoms in total. The first-order valence-corrected chi connectivity index (χ1v) is 10.7. The summed E-state index contributed by atoms with van der Waals surface area (Å²) >= 11 is 3.30. The lowest BCUT2D eigenvalue weighted by Gasteiger charge is -2.34. The first kappa shape index (κ1) is 23.5. The van der Waals surface area contributed by atoms with Crippen molar-refractivity contribution >= 4 is 39.0 Å². The Morgan fingerprint density at radius 2 is 2.00 bits per heavy atom. The summed E-state index contributed by atoms with van der Waals surface area (Å²) in [5.74, 6) is -0.753. The third-order valence-electron chi connectivity index (χ3n) is 5.35. The summed E-state index contributed by atoms with van der Waals surface area (Å²) in [6.07, 6.45) is -3.88. The zero-order valence-corrected chi connectivity index (χ0v) is 19.1. The third-order valence-corrected chi connectivity index (χ3v) is 5.88. The molecule has 0 saturated carbocycles. The summed E-state index contributed by atoms with van der Waals surface area (Å²) < 4.78 is 48.1. The molecule has 0 fully saturated rings. The van der Waals surface area contributed by atoms with Crippen molar-refractivity contribution in [3.05, 3.63) is 74.4 Å². The predicted molar refractivity (Wildman–Crippen MR) is 120 cm³/mol. The number of halogens is 4. The number of nitrogens with zero attached hydrogens (tertiary/aromatic N) is 3. The van der Waals surface area contributed by atoms with Gasteiger partial charge in [0.25, 0.3) is 11.6 Å². The maximum atomic E-state index is 13.9. The maximum Gasteiger partial charge on any atom is 0.410 e. The van der Waals surface area contributed by atoms with Crippen LogP contribution in [0.25, 0.3) is 0 Å². The molecule has 2 aromatic carbocycles. The highest BCUT2D eigenvalue weighted by Crippen LogP contribution is 2.44. The number of amides is 1. The summed E-state index contributed by atoms with van der Waals surface area (Å²) in [6, 6.07) is 7.79. The van der Waals surface area contributed by atoms with Crippen LogP contribution in [0.3, 0.4) is 0 Å². The Bertz CT molecular complexity index is 1250. The molecule has 34 heavy (non-hydrogen) atoms. The molecule has 0 saturated heterocycles. The number of hydrogen-bond acceptors (Lipinski definition) is 6. The smallest absolute Gasteiger partial charge is 0.410 e. The fraction of sp³-hybridized carbons (Fsp3) is 0.238. The number of fused-ring (bicyclic) bond motifs is 1. The van der Waals surface area contributed by atoms with Gasteiger partial charge in [-0.1, -0.05) is 28.1 Å². The molecule has 0 unspecified atom stereocenters. The van der Waals surface area contributed by atoms with E-state index in [2.05, 4.69) is 31.7 Å². The minimum atomic E-state index is -4.60. The van der Waals surface area contributed by atoms with Gasteiger partial charge in [-0.3, -0.25) is 14.9 Å². The molecular weight excluding hydrogens is 523 g/mol. The van der Waals surface area contributed by atoms with Crippen LogP contribution >= 0.6 is 15.9 Å². The van der Waals surface area contributed by atoms with E-state index in [0.717, 1.165) is 21.4 Å². The lowest BCUT2D eigenvalue weighted by atomic mass is 9.96. The van der Waals surface area contributed by atoms with Gasteiger partial charge in [-0.15, -0.1) is 0 Å². The number of nitro groups is 1. The average Bonchev–Trinajstić information content (AvgIpc) is 3.22. The summed E-state index contributed by atoms with van der Waals surface area (Å²) in [4.78, 5) is 23.5. The van der Waals surface area contributed by atoms with Gasteiger partial charge in [0.2, 0.25) is 0 Å². The Kier molecular flexibility index (Phi) is 6.21. The van der Waals surface area contributed by atoms with Crippen LogP contribution in [0.4, 0.5) is 30.4 Å². The Balaban J connectivity index is 1.69. The average molecular weight is 540 g/mol. The van der Waals surface area contributed by atoms with Crippen molar-refractivity contribution in [2.45, 2.75) is 24.7 Å². The number of hydrogen-bond donors (Lipinski definition) is 2. The van der Waals surface area contributed by atoms with Crippen molar-refractivity contribution in [2.24, 2.45) is 0 Å². The Morgan fingerprint density at radius 1 is 1.29 bits per heavy atom. The number of rotatable bonds is 5. The third kappa shape index (κ3) is 4.69. The van der Waals surface area contributed by atoms with Crippen molar-refractivity contribution in [3.8, 4) is 5.75 Å². The molecule has 178 valence electrons. The molecule has 0 radical (unpaired) electrons. The maximum absolute atomic E-state index is 13.9. The number of carbonyl (C=O) groups excluding carboxylic acids is 1. The summed E-state index contributed by atoms with van der Waals surface area (Å²) in [5.41, 5.74) is 0.196. The predicted octanol–water partition coefficient (Wildman–Crippen LogP) is 5.48. The zero-order valence-electron chi connectivity index (χ0n) is 17.5. The molecule has 1 aliphatic heterocycles. The van der Waals surface area contributed by atoms with Crippen LogP contribution in [0, 0.1) is 10.1 Å². The van der Waals surface area contributed by atoms with Crippen LogP contribution in [0.15, 0.2) is 53.1 Å². The van der Waals surface area contributed by atoms with Crippen LogP contribution in [0.5, 0.6) is 5.75 Å². The van der Waals surface area contributed by atoms with E-state index in [9.17, 15) is 28.1 Å². The molecule has 0 aliphatic carbocycles. The van der Waals surface area contributed by atoms with E-state index in [1.54, 1.807) is 24.3 Å². The number of alkyl halides is 3. The van der Waals surface area contributed by atoms with Gasteiger partial charge in [0.15, 0.2) is 6.04 Å². The number of ether oxygens (including phenoxy) is 1. The van der Waals surface area contributed by atoms with Gasteiger partial charge < -0.3 is 15.4 Å². The minimum absolute atomic E-state index is 0.0450. The van der Waals surface area contributed by atoms with E-state index >= 15 is 0 Å². The van der Waals surface area contributed by atoms with Crippen molar-refractivity contribution in [1.29, 1.82) is 0 Å². The molecule has 2 heterocycles. The second kappa shape index (κ2) is 8.97.